The van der Waals surface area contributed by atoms with Crippen LogP contribution in [0.3, 0.4) is 0 Å². The first-order valence-electron chi connectivity index (χ1n) is 7.89. The maximum atomic E-state index is 12.8. The van der Waals surface area contributed by atoms with E-state index in [0.29, 0.717) is 29.0 Å². The molecule has 0 radical (unpaired) electrons. The Morgan fingerprint density at radius 3 is 2.71 bits per heavy atom. The van der Waals surface area contributed by atoms with Crippen molar-refractivity contribution in [3.8, 4) is 0 Å². The van der Waals surface area contributed by atoms with Crippen molar-refractivity contribution in [3.63, 3.8) is 0 Å². The summed E-state index contributed by atoms with van der Waals surface area (Å²) in [5.41, 5.74) is 0.756. The smallest absolute Gasteiger partial charge is 0.265 e. The van der Waals surface area contributed by atoms with Crippen molar-refractivity contribution in [1.29, 1.82) is 0 Å². The second-order valence-corrected chi connectivity index (χ2v) is 9.88. The minimum absolute atomic E-state index is 0.0218. The molecule has 0 aliphatic carbocycles. The fourth-order valence-corrected chi connectivity index (χ4v) is 4.87. The Hall–Kier alpha value is -0.920. The molecule has 5 nitrogen and oxygen atoms in total. The van der Waals surface area contributed by atoms with Crippen molar-refractivity contribution in [2.45, 2.75) is 43.9 Å². The van der Waals surface area contributed by atoms with Crippen molar-refractivity contribution in [1.82, 2.24) is 10.0 Å². The molecule has 0 atom stereocenters. The highest BCUT2D eigenvalue weighted by Gasteiger charge is 2.26. The molecular formula is C16H24ClN3O2S2. The number of halogens is 1. The third-order valence-corrected chi connectivity index (χ3v) is 6.78. The number of aliphatic imine (C=N–C) groups is 1. The molecule has 24 heavy (non-hydrogen) atoms. The van der Waals surface area contributed by atoms with Crippen LogP contribution >= 0.6 is 23.4 Å². The number of sulfonamides is 1. The van der Waals surface area contributed by atoms with Crippen LogP contribution in [0.5, 0.6) is 0 Å². The molecule has 8 heteroatoms. The van der Waals surface area contributed by atoms with E-state index < -0.39 is 10.0 Å². The van der Waals surface area contributed by atoms with E-state index in [9.17, 15) is 8.42 Å². The molecule has 0 aromatic heterocycles. The van der Waals surface area contributed by atoms with Crippen LogP contribution in [0.2, 0.25) is 5.02 Å². The Bertz CT molecular complexity index is 746. The number of guanidine groups is 1. The quantitative estimate of drug-likeness (QED) is 0.757. The van der Waals surface area contributed by atoms with E-state index in [1.165, 1.54) is 11.8 Å². The number of aryl methyl sites for hydroxylation is 1. The van der Waals surface area contributed by atoms with Gasteiger partial charge in [-0.3, -0.25) is 4.99 Å². The summed E-state index contributed by atoms with van der Waals surface area (Å²) in [5, 5.41) is 3.62. The third-order valence-electron chi connectivity index (χ3n) is 3.61. The fourth-order valence-electron chi connectivity index (χ4n) is 2.15. The average Bonchev–Trinajstić information content (AvgIpc) is 2.50. The Morgan fingerprint density at radius 2 is 2.12 bits per heavy atom. The van der Waals surface area contributed by atoms with E-state index in [1.807, 2.05) is 0 Å². The van der Waals surface area contributed by atoms with E-state index in [2.05, 4.69) is 35.8 Å². The third kappa shape index (κ3) is 4.80. The summed E-state index contributed by atoms with van der Waals surface area (Å²) < 4.78 is 28.2. The zero-order valence-electron chi connectivity index (χ0n) is 14.4. The molecule has 2 N–H and O–H groups in total. The molecule has 1 heterocycles. The molecule has 1 aromatic rings. The van der Waals surface area contributed by atoms with E-state index in [0.717, 1.165) is 17.7 Å². The predicted molar refractivity (Wildman–Crippen MR) is 102 cm³/mol. The summed E-state index contributed by atoms with van der Waals surface area (Å²) >= 11 is 7.67. The molecule has 134 valence electrons. The van der Waals surface area contributed by atoms with Gasteiger partial charge in [0.1, 0.15) is 4.90 Å². The van der Waals surface area contributed by atoms with Gasteiger partial charge in [-0.05, 0) is 36.8 Å². The van der Waals surface area contributed by atoms with Crippen LogP contribution in [0, 0.1) is 12.3 Å². The second-order valence-electron chi connectivity index (χ2n) is 6.68. The summed E-state index contributed by atoms with van der Waals surface area (Å²) in [4.78, 5) is 5.22. The highest BCUT2D eigenvalue weighted by molar-refractivity contribution is 8.00. The van der Waals surface area contributed by atoms with Gasteiger partial charge in [0.25, 0.3) is 10.0 Å². The zero-order chi connectivity index (χ0) is 18.0. The van der Waals surface area contributed by atoms with E-state index in [4.69, 9.17) is 11.6 Å². The van der Waals surface area contributed by atoms with Crippen molar-refractivity contribution in [2.24, 2.45) is 10.4 Å². The van der Waals surface area contributed by atoms with Crippen molar-refractivity contribution < 1.29 is 8.42 Å². The molecule has 0 saturated carbocycles. The predicted octanol–water partition coefficient (Wildman–Crippen LogP) is 3.41. The van der Waals surface area contributed by atoms with Gasteiger partial charge in [0, 0.05) is 28.4 Å². The largest absolute Gasteiger partial charge is 0.355 e. The molecule has 0 unspecified atom stereocenters. The lowest BCUT2D eigenvalue weighted by Gasteiger charge is -2.29. The van der Waals surface area contributed by atoms with Gasteiger partial charge in [0.05, 0.1) is 0 Å². The van der Waals surface area contributed by atoms with Crippen LogP contribution < -0.4 is 10.0 Å². The molecule has 1 aliphatic rings. The molecule has 0 saturated heterocycles. The maximum Gasteiger partial charge on any atom is 0.265 e. The van der Waals surface area contributed by atoms with Gasteiger partial charge in [-0.1, -0.05) is 32.4 Å². The van der Waals surface area contributed by atoms with Crippen LogP contribution in [0.15, 0.2) is 26.9 Å². The number of rotatable bonds is 5. The minimum Gasteiger partial charge on any atom is -0.355 e. The fraction of sp³-hybridized carbons (Fsp3) is 0.562. The topological polar surface area (TPSA) is 70.6 Å². The first-order chi connectivity index (χ1) is 11.1. The zero-order valence-corrected chi connectivity index (χ0v) is 16.8. The van der Waals surface area contributed by atoms with E-state index in [-0.39, 0.29) is 10.3 Å². The number of nitrogens with zero attached hydrogens (tertiary/aromatic N) is 1. The van der Waals surface area contributed by atoms with Gasteiger partial charge in [0.15, 0.2) is 0 Å². The van der Waals surface area contributed by atoms with Gasteiger partial charge < -0.3 is 5.32 Å². The number of hydrogen-bond donors (Lipinski definition) is 2. The molecule has 1 aliphatic heterocycles. The highest BCUT2D eigenvalue weighted by atomic mass is 35.5. The van der Waals surface area contributed by atoms with Crippen molar-refractivity contribution in [2.75, 3.05) is 18.8 Å². The van der Waals surface area contributed by atoms with Crippen molar-refractivity contribution >= 4 is 39.3 Å². The van der Waals surface area contributed by atoms with Crippen LogP contribution in [0.1, 0.15) is 32.8 Å². The molecule has 0 bridgehead atoms. The van der Waals surface area contributed by atoms with Crippen LogP contribution in [0.25, 0.3) is 0 Å². The lowest BCUT2D eigenvalue weighted by atomic mass is 9.93. The lowest BCUT2D eigenvalue weighted by molar-refractivity contribution is 0.360. The summed E-state index contributed by atoms with van der Waals surface area (Å²) in [7, 11) is -3.72. The molecule has 0 fully saturated rings. The number of benzene rings is 1. The molecular weight excluding hydrogens is 366 g/mol. The Balaban J connectivity index is 2.31. The van der Waals surface area contributed by atoms with Gasteiger partial charge in [-0.15, -0.1) is 11.8 Å². The standard InChI is InChI=1S/C16H24ClN3O2S2/c1-5-6-23-13-8-12(17)11(2)7-14(13)24(21,22)20-15-18-9-16(3,4)10-19-15/h7-8H,5-6,9-10H2,1-4H3,(H2,18,19,20). The average molecular weight is 390 g/mol. The number of thioether (sulfide) groups is 1. The molecule has 2 rings (SSSR count). The Morgan fingerprint density at radius 1 is 1.42 bits per heavy atom. The SMILES string of the molecule is CCCSc1cc(Cl)c(C)cc1S(=O)(=O)NC1=NCC(C)(C)CN1. The molecule has 0 spiro atoms. The van der Waals surface area contributed by atoms with Crippen molar-refractivity contribution in [3.05, 3.63) is 22.7 Å². The van der Waals surface area contributed by atoms with Crippen LogP contribution in [0.4, 0.5) is 0 Å². The lowest BCUT2D eigenvalue weighted by Crippen LogP contribution is -2.49. The molecule has 1 aromatic carbocycles. The summed E-state index contributed by atoms with van der Waals surface area (Å²) in [5.74, 6) is 1.13. The highest BCUT2D eigenvalue weighted by Crippen LogP contribution is 2.32. The van der Waals surface area contributed by atoms with Gasteiger partial charge in [-0.25, -0.2) is 13.1 Å². The van der Waals surface area contributed by atoms with Crippen LogP contribution in [-0.2, 0) is 10.0 Å². The van der Waals surface area contributed by atoms with Gasteiger partial charge in [-0.2, -0.15) is 0 Å². The minimum atomic E-state index is -3.72. The summed E-state index contributed by atoms with van der Waals surface area (Å²) in [6.07, 6.45) is 0.951. The monoisotopic (exact) mass is 389 g/mol. The van der Waals surface area contributed by atoms with Gasteiger partial charge in [0.2, 0.25) is 5.96 Å². The maximum absolute atomic E-state index is 12.8. The summed E-state index contributed by atoms with van der Waals surface area (Å²) in [6.45, 7) is 9.26. The summed E-state index contributed by atoms with van der Waals surface area (Å²) in [6, 6.07) is 3.35. The Kier molecular flexibility index (Phi) is 6.09. The normalized spacial score (nSPS) is 17.1. The number of hydrogen-bond acceptors (Lipinski definition) is 5. The first-order valence-corrected chi connectivity index (χ1v) is 10.7. The van der Waals surface area contributed by atoms with Gasteiger partial charge >= 0.3 is 0 Å². The van der Waals surface area contributed by atoms with Crippen LogP contribution in [-0.4, -0.2) is 33.2 Å². The Labute approximate surface area is 153 Å². The number of nitrogens with one attached hydrogen (secondary N) is 2. The van der Waals surface area contributed by atoms with E-state index >= 15 is 0 Å². The molecule has 0 amide bonds. The first kappa shape index (κ1) is 19.4. The van der Waals surface area contributed by atoms with E-state index in [1.54, 1.807) is 19.1 Å². The second kappa shape index (κ2) is 7.54.